The maximum Gasteiger partial charge on any atom is 0.119 e. The van der Waals surface area contributed by atoms with Crippen molar-refractivity contribution in [1.82, 2.24) is 5.32 Å². The first-order valence-corrected chi connectivity index (χ1v) is 6.55. The summed E-state index contributed by atoms with van der Waals surface area (Å²) in [5.41, 5.74) is 1.36. The van der Waals surface area contributed by atoms with Crippen molar-refractivity contribution in [3.05, 3.63) is 29.8 Å². The third kappa shape index (κ3) is 5.73. The predicted octanol–water partition coefficient (Wildman–Crippen LogP) is 3.58. The average Bonchev–Trinajstić information content (AvgIpc) is 2.29. The lowest BCUT2D eigenvalue weighted by Gasteiger charge is -2.10. The molecule has 1 aromatic rings. The summed E-state index contributed by atoms with van der Waals surface area (Å²) in [6, 6.07) is 8.97. The van der Waals surface area contributed by atoms with E-state index in [1.807, 2.05) is 0 Å². The number of ether oxygens (including phenoxy) is 1. The summed E-state index contributed by atoms with van der Waals surface area (Å²) in [6.07, 6.45) is 1.05. The Bertz CT molecular complexity index is 303. The molecule has 0 saturated heterocycles. The standard InChI is InChI=1S/C15H25NO/c1-12(2)14-6-8-15(9-7-14)17-11-5-10-16-13(3)4/h6-9,12-13,16H,5,10-11H2,1-4H3. The summed E-state index contributed by atoms with van der Waals surface area (Å²) < 4.78 is 5.68. The first-order valence-electron chi connectivity index (χ1n) is 6.55. The molecule has 0 spiro atoms. The Kier molecular flexibility index (Phi) is 6.06. The van der Waals surface area contributed by atoms with Gasteiger partial charge in [-0.05, 0) is 36.6 Å². The summed E-state index contributed by atoms with van der Waals surface area (Å²) in [6.45, 7) is 10.5. The lowest BCUT2D eigenvalue weighted by atomic mass is 10.0. The van der Waals surface area contributed by atoms with Crippen LogP contribution in [-0.2, 0) is 0 Å². The molecule has 0 heterocycles. The highest BCUT2D eigenvalue weighted by Gasteiger charge is 1.99. The maximum absolute atomic E-state index is 5.68. The van der Waals surface area contributed by atoms with Gasteiger partial charge in [0.1, 0.15) is 5.75 Å². The van der Waals surface area contributed by atoms with Crippen LogP contribution in [0.25, 0.3) is 0 Å². The van der Waals surface area contributed by atoms with E-state index in [9.17, 15) is 0 Å². The maximum atomic E-state index is 5.68. The molecular weight excluding hydrogens is 210 g/mol. The first kappa shape index (κ1) is 14.0. The van der Waals surface area contributed by atoms with Gasteiger partial charge in [-0.1, -0.05) is 39.8 Å². The van der Waals surface area contributed by atoms with Crippen molar-refractivity contribution in [1.29, 1.82) is 0 Å². The van der Waals surface area contributed by atoms with Crippen LogP contribution in [0.4, 0.5) is 0 Å². The van der Waals surface area contributed by atoms with Gasteiger partial charge in [0.25, 0.3) is 0 Å². The zero-order valence-corrected chi connectivity index (χ0v) is 11.5. The van der Waals surface area contributed by atoms with Gasteiger partial charge in [0.05, 0.1) is 6.61 Å². The lowest BCUT2D eigenvalue weighted by Crippen LogP contribution is -2.24. The van der Waals surface area contributed by atoms with Crippen molar-refractivity contribution >= 4 is 0 Å². The highest BCUT2D eigenvalue weighted by Crippen LogP contribution is 2.18. The van der Waals surface area contributed by atoms with Gasteiger partial charge in [-0.25, -0.2) is 0 Å². The van der Waals surface area contributed by atoms with Crippen molar-refractivity contribution in [2.75, 3.05) is 13.2 Å². The molecule has 0 aliphatic rings. The van der Waals surface area contributed by atoms with Crippen LogP contribution in [-0.4, -0.2) is 19.2 Å². The Hall–Kier alpha value is -1.02. The number of rotatable bonds is 7. The minimum atomic E-state index is 0.556. The van der Waals surface area contributed by atoms with Crippen LogP contribution in [0.15, 0.2) is 24.3 Å². The van der Waals surface area contributed by atoms with E-state index in [2.05, 4.69) is 57.3 Å². The molecule has 1 N–H and O–H groups in total. The van der Waals surface area contributed by atoms with Crippen molar-refractivity contribution in [3.8, 4) is 5.75 Å². The molecule has 0 unspecified atom stereocenters. The molecule has 1 aromatic carbocycles. The van der Waals surface area contributed by atoms with Gasteiger partial charge in [0.15, 0.2) is 0 Å². The van der Waals surface area contributed by atoms with Crippen molar-refractivity contribution in [3.63, 3.8) is 0 Å². The highest BCUT2D eigenvalue weighted by atomic mass is 16.5. The largest absolute Gasteiger partial charge is 0.494 e. The lowest BCUT2D eigenvalue weighted by molar-refractivity contribution is 0.306. The minimum Gasteiger partial charge on any atom is -0.494 e. The van der Waals surface area contributed by atoms with Gasteiger partial charge < -0.3 is 10.1 Å². The highest BCUT2D eigenvalue weighted by molar-refractivity contribution is 5.28. The quantitative estimate of drug-likeness (QED) is 0.729. The van der Waals surface area contributed by atoms with E-state index >= 15 is 0 Å². The second-order valence-electron chi connectivity index (χ2n) is 5.03. The van der Waals surface area contributed by atoms with Crippen LogP contribution < -0.4 is 10.1 Å². The van der Waals surface area contributed by atoms with E-state index in [-0.39, 0.29) is 0 Å². The Morgan fingerprint density at radius 3 is 2.24 bits per heavy atom. The van der Waals surface area contributed by atoms with Gasteiger partial charge >= 0.3 is 0 Å². The molecular formula is C15H25NO. The van der Waals surface area contributed by atoms with Gasteiger partial charge in [-0.15, -0.1) is 0 Å². The molecule has 0 saturated carbocycles. The molecule has 0 aromatic heterocycles. The molecule has 1 rings (SSSR count). The molecule has 0 fully saturated rings. The minimum absolute atomic E-state index is 0.556. The summed E-state index contributed by atoms with van der Waals surface area (Å²) in [4.78, 5) is 0. The molecule has 0 amide bonds. The van der Waals surface area contributed by atoms with Crippen molar-refractivity contribution in [2.24, 2.45) is 0 Å². The molecule has 0 aliphatic heterocycles. The van der Waals surface area contributed by atoms with E-state index in [0.717, 1.165) is 25.3 Å². The summed E-state index contributed by atoms with van der Waals surface area (Å²) in [7, 11) is 0. The van der Waals surface area contributed by atoms with Crippen LogP contribution in [0.3, 0.4) is 0 Å². The van der Waals surface area contributed by atoms with Crippen molar-refractivity contribution < 1.29 is 4.74 Å². The first-order chi connectivity index (χ1) is 8.09. The van der Waals surface area contributed by atoms with Crippen LogP contribution >= 0.6 is 0 Å². The zero-order chi connectivity index (χ0) is 12.7. The number of hydrogen-bond donors (Lipinski definition) is 1. The molecule has 2 nitrogen and oxygen atoms in total. The van der Waals surface area contributed by atoms with Crippen LogP contribution in [0, 0.1) is 0 Å². The molecule has 0 atom stereocenters. The van der Waals surface area contributed by atoms with E-state index in [1.165, 1.54) is 5.56 Å². The molecule has 96 valence electrons. The topological polar surface area (TPSA) is 21.3 Å². The van der Waals surface area contributed by atoms with Crippen LogP contribution in [0.5, 0.6) is 5.75 Å². The monoisotopic (exact) mass is 235 g/mol. The predicted molar refractivity (Wildman–Crippen MR) is 73.8 cm³/mol. The summed E-state index contributed by atoms with van der Waals surface area (Å²) >= 11 is 0. The smallest absolute Gasteiger partial charge is 0.119 e. The fourth-order valence-corrected chi connectivity index (χ4v) is 1.60. The summed E-state index contributed by atoms with van der Waals surface area (Å²) in [5, 5.41) is 3.38. The molecule has 2 heteroatoms. The third-order valence-corrected chi connectivity index (χ3v) is 2.69. The molecule has 0 aliphatic carbocycles. The number of hydrogen-bond acceptors (Lipinski definition) is 2. The third-order valence-electron chi connectivity index (χ3n) is 2.69. The van der Waals surface area contributed by atoms with E-state index in [0.29, 0.717) is 12.0 Å². The normalized spacial score (nSPS) is 11.2. The van der Waals surface area contributed by atoms with Gasteiger partial charge in [-0.2, -0.15) is 0 Å². The average molecular weight is 235 g/mol. The van der Waals surface area contributed by atoms with Gasteiger partial charge in [-0.3, -0.25) is 0 Å². The molecule has 0 bridgehead atoms. The van der Waals surface area contributed by atoms with Crippen LogP contribution in [0.1, 0.15) is 45.6 Å². The second kappa shape index (κ2) is 7.33. The summed E-state index contributed by atoms with van der Waals surface area (Å²) in [5.74, 6) is 1.55. The zero-order valence-electron chi connectivity index (χ0n) is 11.5. The number of benzene rings is 1. The van der Waals surface area contributed by atoms with Gasteiger partial charge in [0, 0.05) is 6.04 Å². The Morgan fingerprint density at radius 2 is 1.71 bits per heavy atom. The SMILES string of the molecule is CC(C)NCCCOc1ccc(C(C)C)cc1. The molecule has 0 radical (unpaired) electrons. The Balaban J connectivity index is 2.23. The van der Waals surface area contributed by atoms with E-state index < -0.39 is 0 Å². The molecule has 17 heavy (non-hydrogen) atoms. The van der Waals surface area contributed by atoms with E-state index in [4.69, 9.17) is 4.74 Å². The van der Waals surface area contributed by atoms with Crippen LogP contribution in [0.2, 0.25) is 0 Å². The van der Waals surface area contributed by atoms with E-state index in [1.54, 1.807) is 0 Å². The fraction of sp³-hybridized carbons (Fsp3) is 0.600. The Labute approximate surface area is 105 Å². The second-order valence-corrected chi connectivity index (χ2v) is 5.03. The number of nitrogens with one attached hydrogen (secondary N) is 1. The Morgan fingerprint density at radius 1 is 1.06 bits per heavy atom. The van der Waals surface area contributed by atoms with Crippen molar-refractivity contribution in [2.45, 2.75) is 46.1 Å². The van der Waals surface area contributed by atoms with Gasteiger partial charge in [0.2, 0.25) is 0 Å². The fourth-order valence-electron chi connectivity index (χ4n) is 1.60.